The van der Waals surface area contributed by atoms with E-state index in [9.17, 15) is 9.59 Å². The van der Waals surface area contributed by atoms with Crippen LogP contribution in [0.4, 0.5) is 16.3 Å². The number of urea groups is 1. The van der Waals surface area contributed by atoms with Crippen molar-refractivity contribution in [2.45, 2.75) is 13.5 Å². The van der Waals surface area contributed by atoms with Crippen molar-refractivity contribution < 1.29 is 9.59 Å². The van der Waals surface area contributed by atoms with Crippen molar-refractivity contribution in [2.75, 3.05) is 24.7 Å². The second-order valence-electron chi connectivity index (χ2n) is 5.04. The summed E-state index contributed by atoms with van der Waals surface area (Å²) < 4.78 is 1.36. The molecule has 1 aromatic heterocycles. The van der Waals surface area contributed by atoms with Crippen LogP contribution in [0.15, 0.2) is 30.5 Å². The summed E-state index contributed by atoms with van der Waals surface area (Å²) in [6.45, 7) is 1.99. The second-order valence-corrected chi connectivity index (χ2v) is 5.04. The maximum Gasteiger partial charge on any atom is 0.322 e. The molecule has 116 valence electrons. The normalized spacial score (nSPS) is 10.1. The fraction of sp³-hybridized carbons (Fsp3) is 0.286. The van der Waals surface area contributed by atoms with Gasteiger partial charge in [-0.15, -0.1) is 5.10 Å². The summed E-state index contributed by atoms with van der Waals surface area (Å²) in [6, 6.07) is 7.19. The summed E-state index contributed by atoms with van der Waals surface area (Å²) in [4.78, 5) is 24.8. The van der Waals surface area contributed by atoms with Crippen LogP contribution in [0.2, 0.25) is 0 Å². The zero-order chi connectivity index (χ0) is 16.1. The number of hydrogen-bond donors (Lipinski definition) is 2. The van der Waals surface area contributed by atoms with Gasteiger partial charge in [-0.05, 0) is 19.1 Å². The van der Waals surface area contributed by atoms with E-state index in [-0.39, 0.29) is 18.5 Å². The number of carbonyl (C=O) groups is 2. The monoisotopic (exact) mass is 302 g/mol. The molecule has 0 radical (unpaired) electrons. The zero-order valence-electron chi connectivity index (χ0n) is 12.7. The largest absolute Gasteiger partial charge is 0.331 e. The average Bonchev–Trinajstić information content (AvgIpc) is 2.88. The molecule has 0 aliphatic heterocycles. The molecule has 0 atom stereocenters. The molecule has 0 saturated carbocycles. The van der Waals surface area contributed by atoms with E-state index in [0.717, 1.165) is 11.3 Å². The maximum atomic E-state index is 11.9. The van der Waals surface area contributed by atoms with Gasteiger partial charge in [-0.2, -0.15) is 0 Å². The van der Waals surface area contributed by atoms with Crippen LogP contribution in [-0.2, 0) is 11.3 Å². The molecule has 0 aliphatic rings. The van der Waals surface area contributed by atoms with E-state index in [0.29, 0.717) is 5.82 Å². The molecule has 0 saturated heterocycles. The van der Waals surface area contributed by atoms with Crippen molar-refractivity contribution in [3.05, 3.63) is 36.0 Å². The lowest BCUT2D eigenvalue weighted by molar-refractivity contribution is -0.116. The quantitative estimate of drug-likeness (QED) is 0.891. The average molecular weight is 302 g/mol. The number of aromatic nitrogens is 3. The van der Waals surface area contributed by atoms with Gasteiger partial charge >= 0.3 is 6.03 Å². The van der Waals surface area contributed by atoms with Crippen LogP contribution in [0.25, 0.3) is 0 Å². The lowest BCUT2D eigenvalue weighted by Gasteiger charge is -2.09. The number of hydrogen-bond acceptors (Lipinski definition) is 4. The summed E-state index contributed by atoms with van der Waals surface area (Å²) >= 11 is 0. The molecule has 8 nitrogen and oxygen atoms in total. The third-order valence-corrected chi connectivity index (χ3v) is 2.82. The highest BCUT2D eigenvalue weighted by Gasteiger charge is 2.09. The summed E-state index contributed by atoms with van der Waals surface area (Å²) in [5.74, 6) is 0.0704. The van der Waals surface area contributed by atoms with Crippen LogP contribution in [0, 0.1) is 6.92 Å². The standard InChI is InChI=1S/C14H18N6O2/c1-10-4-6-11(7-5-10)15-13(21)9-20-8-12(17-18-20)16-14(22)19(2)3/h4-8H,9H2,1-3H3,(H,15,21)(H,16,22). The first-order chi connectivity index (χ1) is 10.4. The predicted octanol–water partition coefficient (Wildman–Crippen LogP) is 1.32. The van der Waals surface area contributed by atoms with Crippen LogP contribution in [0.1, 0.15) is 5.56 Å². The minimum atomic E-state index is -0.309. The molecule has 0 aliphatic carbocycles. The first kappa shape index (κ1) is 15.5. The van der Waals surface area contributed by atoms with Crippen molar-refractivity contribution in [3.63, 3.8) is 0 Å². The SMILES string of the molecule is Cc1ccc(NC(=O)Cn2cc(NC(=O)N(C)C)nn2)cc1. The molecule has 8 heteroatoms. The molecule has 0 unspecified atom stereocenters. The van der Waals surface area contributed by atoms with E-state index in [4.69, 9.17) is 0 Å². The van der Waals surface area contributed by atoms with Crippen molar-refractivity contribution in [1.82, 2.24) is 19.9 Å². The Hall–Kier alpha value is -2.90. The Balaban J connectivity index is 1.90. The Labute approximate surface area is 128 Å². The fourth-order valence-corrected chi connectivity index (χ4v) is 1.64. The van der Waals surface area contributed by atoms with Gasteiger partial charge in [0.05, 0.1) is 6.20 Å². The number of amides is 3. The number of nitrogens with zero attached hydrogens (tertiary/aromatic N) is 4. The Morgan fingerprint density at radius 2 is 1.86 bits per heavy atom. The number of nitrogens with one attached hydrogen (secondary N) is 2. The third-order valence-electron chi connectivity index (χ3n) is 2.82. The van der Waals surface area contributed by atoms with Crippen LogP contribution in [-0.4, -0.2) is 45.9 Å². The van der Waals surface area contributed by atoms with Gasteiger partial charge in [-0.25, -0.2) is 9.48 Å². The van der Waals surface area contributed by atoms with Crippen LogP contribution >= 0.6 is 0 Å². The summed E-state index contributed by atoms with van der Waals surface area (Å²) in [5, 5.41) is 12.9. The van der Waals surface area contributed by atoms with Crippen molar-refractivity contribution in [2.24, 2.45) is 0 Å². The molecular weight excluding hydrogens is 284 g/mol. The van der Waals surface area contributed by atoms with E-state index in [1.165, 1.54) is 15.8 Å². The smallest absolute Gasteiger partial charge is 0.322 e. The topological polar surface area (TPSA) is 92.2 Å². The second kappa shape index (κ2) is 6.70. The van der Waals surface area contributed by atoms with E-state index >= 15 is 0 Å². The van der Waals surface area contributed by atoms with Crippen LogP contribution in [0.3, 0.4) is 0 Å². The Kier molecular flexibility index (Phi) is 4.72. The van der Waals surface area contributed by atoms with Gasteiger partial charge in [0.1, 0.15) is 6.54 Å². The molecule has 0 bridgehead atoms. The van der Waals surface area contributed by atoms with E-state index < -0.39 is 0 Å². The molecule has 0 spiro atoms. The summed E-state index contributed by atoms with van der Waals surface area (Å²) in [6.07, 6.45) is 1.50. The molecule has 0 fully saturated rings. The highest BCUT2D eigenvalue weighted by molar-refractivity contribution is 5.90. The van der Waals surface area contributed by atoms with Gasteiger partial charge in [-0.3, -0.25) is 10.1 Å². The number of carbonyl (C=O) groups excluding carboxylic acids is 2. The lowest BCUT2D eigenvalue weighted by Crippen LogP contribution is -2.27. The zero-order valence-corrected chi connectivity index (χ0v) is 12.7. The molecule has 2 N–H and O–H groups in total. The number of anilines is 2. The first-order valence-corrected chi connectivity index (χ1v) is 6.69. The predicted molar refractivity (Wildman–Crippen MR) is 82.5 cm³/mol. The molecule has 1 aromatic carbocycles. The Morgan fingerprint density at radius 3 is 2.50 bits per heavy atom. The number of rotatable bonds is 4. The minimum Gasteiger partial charge on any atom is -0.331 e. The molecule has 1 heterocycles. The van der Waals surface area contributed by atoms with Crippen LogP contribution in [0.5, 0.6) is 0 Å². The highest BCUT2D eigenvalue weighted by atomic mass is 16.2. The summed E-state index contributed by atoms with van der Waals surface area (Å²) in [5.41, 5.74) is 1.84. The lowest BCUT2D eigenvalue weighted by atomic mass is 10.2. The third kappa shape index (κ3) is 4.30. The van der Waals surface area contributed by atoms with Crippen molar-refractivity contribution in [3.8, 4) is 0 Å². The van der Waals surface area contributed by atoms with E-state index in [2.05, 4.69) is 20.9 Å². The van der Waals surface area contributed by atoms with E-state index in [1.54, 1.807) is 14.1 Å². The Bertz CT molecular complexity index is 662. The van der Waals surface area contributed by atoms with Gasteiger partial charge in [0, 0.05) is 19.8 Å². The molecular formula is C14H18N6O2. The summed E-state index contributed by atoms with van der Waals surface area (Å²) in [7, 11) is 3.24. The number of aryl methyl sites for hydroxylation is 1. The fourth-order valence-electron chi connectivity index (χ4n) is 1.64. The first-order valence-electron chi connectivity index (χ1n) is 6.69. The van der Waals surface area contributed by atoms with Gasteiger partial charge < -0.3 is 10.2 Å². The minimum absolute atomic E-state index is 0.0126. The number of benzene rings is 1. The maximum absolute atomic E-state index is 11.9. The molecule has 22 heavy (non-hydrogen) atoms. The molecule has 3 amide bonds. The molecule has 2 rings (SSSR count). The van der Waals surface area contributed by atoms with Gasteiger partial charge in [0.25, 0.3) is 0 Å². The van der Waals surface area contributed by atoms with Crippen molar-refractivity contribution >= 4 is 23.4 Å². The van der Waals surface area contributed by atoms with E-state index in [1.807, 2.05) is 31.2 Å². The van der Waals surface area contributed by atoms with Gasteiger partial charge in [-0.1, -0.05) is 22.9 Å². The van der Waals surface area contributed by atoms with Crippen molar-refractivity contribution in [1.29, 1.82) is 0 Å². The van der Waals surface area contributed by atoms with Crippen LogP contribution < -0.4 is 10.6 Å². The van der Waals surface area contributed by atoms with Gasteiger partial charge in [0.15, 0.2) is 5.82 Å². The van der Waals surface area contributed by atoms with Gasteiger partial charge in [0.2, 0.25) is 5.91 Å². The Morgan fingerprint density at radius 1 is 1.18 bits per heavy atom. The highest BCUT2D eigenvalue weighted by Crippen LogP contribution is 2.08. The molecule has 2 aromatic rings.